The fraction of sp³-hybridized carbons (Fsp3) is 0.440. The molecule has 1 atom stereocenters. The normalized spacial score (nSPS) is 21.0. The molecule has 11 heteroatoms. The van der Waals surface area contributed by atoms with Crippen LogP contribution in [-0.4, -0.2) is 68.7 Å². The molecule has 9 nitrogen and oxygen atoms in total. The number of aliphatic hydroxyl groups is 1. The first kappa shape index (κ1) is 24.4. The van der Waals surface area contributed by atoms with Gasteiger partial charge in [0.05, 0.1) is 30.1 Å². The summed E-state index contributed by atoms with van der Waals surface area (Å²) >= 11 is 6.17. The molecular formula is C25H28ClFN8O. The van der Waals surface area contributed by atoms with E-state index < -0.39 is 11.1 Å². The van der Waals surface area contributed by atoms with E-state index in [0.29, 0.717) is 55.5 Å². The number of halogens is 2. The van der Waals surface area contributed by atoms with Gasteiger partial charge in [0.2, 0.25) is 5.95 Å². The number of hydrogen-bond acceptors (Lipinski definition) is 8. The molecule has 1 fully saturated rings. The van der Waals surface area contributed by atoms with Gasteiger partial charge in [0.15, 0.2) is 5.15 Å². The van der Waals surface area contributed by atoms with E-state index in [-0.39, 0.29) is 18.3 Å². The van der Waals surface area contributed by atoms with Gasteiger partial charge in [-0.3, -0.25) is 0 Å². The molecule has 2 aliphatic heterocycles. The molecule has 1 aromatic carbocycles. The number of benzene rings is 1. The maximum absolute atomic E-state index is 15.5. The van der Waals surface area contributed by atoms with Gasteiger partial charge in [-0.25, -0.2) is 19.0 Å². The number of rotatable bonds is 6. The van der Waals surface area contributed by atoms with Crippen LogP contribution in [0.1, 0.15) is 30.9 Å². The number of nitrogens with zero attached hydrogens (tertiary/aromatic N) is 6. The first-order valence-electron chi connectivity index (χ1n) is 11.9. The molecule has 3 N–H and O–H groups in total. The molecule has 0 amide bonds. The minimum absolute atomic E-state index is 0.0466. The van der Waals surface area contributed by atoms with Gasteiger partial charge in [-0.1, -0.05) is 18.5 Å². The molecule has 4 heterocycles. The number of hydrogen-bond donors (Lipinski definition) is 3. The number of likely N-dealkylation sites (tertiary alicyclic amines) is 1. The Hall–Kier alpha value is -3.26. The number of alkyl halides is 1. The lowest BCUT2D eigenvalue weighted by Gasteiger charge is -2.34. The van der Waals surface area contributed by atoms with E-state index in [1.165, 1.54) is 4.68 Å². The average Bonchev–Trinajstić information content (AvgIpc) is 3.39. The summed E-state index contributed by atoms with van der Waals surface area (Å²) in [4.78, 5) is 11.1. The van der Waals surface area contributed by atoms with E-state index in [1.807, 2.05) is 20.0 Å². The van der Waals surface area contributed by atoms with Gasteiger partial charge in [-0.2, -0.15) is 10.4 Å². The van der Waals surface area contributed by atoms with Gasteiger partial charge in [0, 0.05) is 42.9 Å². The van der Waals surface area contributed by atoms with E-state index in [1.54, 1.807) is 24.4 Å². The fourth-order valence-corrected chi connectivity index (χ4v) is 5.01. The van der Waals surface area contributed by atoms with Crippen molar-refractivity contribution in [1.29, 1.82) is 5.26 Å². The largest absolute Gasteiger partial charge is 0.395 e. The van der Waals surface area contributed by atoms with Crippen molar-refractivity contribution >= 4 is 29.1 Å². The molecule has 5 rings (SSSR count). The van der Waals surface area contributed by atoms with Crippen molar-refractivity contribution in [2.45, 2.75) is 37.4 Å². The predicted octanol–water partition coefficient (Wildman–Crippen LogP) is 3.72. The van der Waals surface area contributed by atoms with Gasteiger partial charge >= 0.3 is 0 Å². The Morgan fingerprint density at radius 1 is 1.31 bits per heavy atom. The minimum Gasteiger partial charge on any atom is -0.395 e. The second kappa shape index (κ2) is 9.32. The third-order valence-electron chi connectivity index (χ3n) is 7.17. The number of nitriles is 1. The molecule has 0 saturated carbocycles. The summed E-state index contributed by atoms with van der Waals surface area (Å²) in [6.45, 7) is 3.92. The van der Waals surface area contributed by atoms with Crippen LogP contribution in [0.2, 0.25) is 5.15 Å². The van der Waals surface area contributed by atoms with Crippen molar-refractivity contribution in [3.63, 3.8) is 0 Å². The zero-order valence-corrected chi connectivity index (χ0v) is 21.0. The molecule has 188 valence electrons. The van der Waals surface area contributed by atoms with Crippen LogP contribution in [0.3, 0.4) is 0 Å². The highest BCUT2D eigenvalue weighted by Gasteiger charge is 2.36. The van der Waals surface area contributed by atoms with Gasteiger partial charge in [0.25, 0.3) is 0 Å². The average molecular weight is 511 g/mol. The molecule has 1 unspecified atom stereocenters. The fourth-order valence-electron chi connectivity index (χ4n) is 4.81. The lowest BCUT2D eigenvalue weighted by atomic mass is 9.83. The van der Waals surface area contributed by atoms with Gasteiger partial charge in [0.1, 0.15) is 17.6 Å². The van der Waals surface area contributed by atoms with Crippen LogP contribution in [0.25, 0.3) is 11.3 Å². The summed E-state index contributed by atoms with van der Waals surface area (Å²) in [5, 5.41) is 30.6. The molecule has 2 aromatic heterocycles. The summed E-state index contributed by atoms with van der Waals surface area (Å²) in [5.41, 5.74) is 1.59. The Morgan fingerprint density at radius 3 is 2.81 bits per heavy atom. The zero-order chi connectivity index (χ0) is 25.5. The molecule has 0 bridgehead atoms. The highest BCUT2D eigenvalue weighted by atomic mass is 35.5. The van der Waals surface area contributed by atoms with E-state index in [9.17, 15) is 10.4 Å². The summed E-state index contributed by atoms with van der Waals surface area (Å²) in [6, 6.07) is 9.34. The highest BCUT2D eigenvalue weighted by molar-refractivity contribution is 6.29. The SMILES string of the molecule is CN1CCC(F)(Cn2nc(Cl)cc2Nc2nccc(-c3cc(C#N)c4c(c3)C(C)(CO)CN4)n2)CC1. The predicted molar refractivity (Wildman–Crippen MR) is 136 cm³/mol. The van der Waals surface area contributed by atoms with Crippen molar-refractivity contribution in [3.8, 4) is 17.3 Å². The number of piperidine rings is 1. The Morgan fingerprint density at radius 2 is 2.08 bits per heavy atom. The van der Waals surface area contributed by atoms with Crippen LogP contribution in [0.4, 0.5) is 21.8 Å². The molecule has 3 aromatic rings. The molecule has 0 radical (unpaired) electrons. The lowest BCUT2D eigenvalue weighted by molar-refractivity contribution is 0.0505. The molecule has 36 heavy (non-hydrogen) atoms. The number of anilines is 3. The number of nitrogens with one attached hydrogen (secondary N) is 2. The number of fused-ring (bicyclic) bond motifs is 1. The Labute approximate surface area is 213 Å². The van der Waals surface area contributed by atoms with Crippen LogP contribution >= 0.6 is 11.6 Å². The topological polar surface area (TPSA) is 115 Å². The lowest BCUT2D eigenvalue weighted by Crippen LogP contribution is -2.42. The molecule has 0 aliphatic carbocycles. The second-order valence-corrected chi connectivity index (χ2v) is 10.4. The number of aliphatic hydroxyl groups excluding tert-OH is 1. The standard InChI is InChI=1S/C25H28ClFN8O/c1-24(15-36)13-30-22-17(12-28)9-16(10-18(22)24)19-3-6-29-23(31-19)32-21-11-20(26)33-35(21)14-25(27)4-7-34(2)8-5-25/h3,6,9-11,30,36H,4-5,7-8,13-15H2,1-2H3,(H,29,31,32). The third kappa shape index (κ3) is 4.62. The monoisotopic (exact) mass is 510 g/mol. The van der Waals surface area contributed by atoms with E-state index in [2.05, 4.69) is 36.7 Å². The van der Waals surface area contributed by atoms with Gasteiger partial charge in [-0.05, 0) is 43.7 Å². The van der Waals surface area contributed by atoms with Crippen molar-refractivity contribution < 1.29 is 9.50 Å². The van der Waals surface area contributed by atoms with Crippen molar-refractivity contribution in [2.24, 2.45) is 0 Å². The van der Waals surface area contributed by atoms with Gasteiger partial charge in [-0.15, -0.1) is 0 Å². The van der Waals surface area contributed by atoms with Crippen molar-refractivity contribution in [3.05, 3.63) is 46.7 Å². The third-order valence-corrected chi connectivity index (χ3v) is 7.36. The second-order valence-electron chi connectivity index (χ2n) is 9.99. The first-order valence-corrected chi connectivity index (χ1v) is 12.2. The number of aromatic nitrogens is 4. The maximum Gasteiger partial charge on any atom is 0.228 e. The summed E-state index contributed by atoms with van der Waals surface area (Å²) in [6.07, 6.45) is 2.46. The zero-order valence-electron chi connectivity index (χ0n) is 20.2. The summed E-state index contributed by atoms with van der Waals surface area (Å²) < 4.78 is 17.0. The maximum atomic E-state index is 15.5. The smallest absolute Gasteiger partial charge is 0.228 e. The van der Waals surface area contributed by atoms with Crippen molar-refractivity contribution in [1.82, 2.24) is 24.6 Å². The van der Waals surface area contributed by atoms with Crippen molar-refractivity contribution in [2.75, 3.05) is 43.9 Å². The quantitative estimate of drug-likeness (QED) is 0.459. The van der Waals surface area contributed by atoms with Crippen LogP contribution in [0.15, 0.2) is 30.5 Å². The van der Waals surface area contributed by atoms with E-state index >= 15 is 4.39 Å². The van der Waals surface area contributed by atoms with Crippen LogP contribution in [0.5, 0.6) is 0 Å². The van der Waals surface area contributed by atoms with E-state index in [0.717, 1.165) is 16.8 Å². The van der Waals surface area contributed by atoms with E-state index in [4.69, 9.17) is 11.6 Å². The minimum atomic E-state index is -1.37. The van der Waals surface area contributed by atoms with Crippen LogP contribution in [0, 0.1) is 11.3 Å². The molecule has 1 saturated heterocycles. The van der Waals surface area contributed by atoms with Gasteiger partial charge < -0.3 is 20.6 Å². The molecule has 0 spiro atoms. The summed E-state index contributed by atoms with van der Waals surface area (Å²) in [7, 11) is 1.99. The van der Waals surface area contributed by atoms with Crippen LogP contribution in [-0.2, 0) is 12.0 Å². The Kier molecular flexibility index (Phi) is 6.32. The summed E-state index contributed by atoms with van der Waals surface area (Å²) in [5.74, 6) is 0.792. The Balaban J connectivity index is 1.43. The highest BCUT2D eigenvalue weighted by Crippen LogP contribution is 2.41. The Bertz CT molecular complexity index is 1330. The first-order chi connectivity index (χ1) is 17.2. The molecule has 2 aliphatic rings. The van der Waals surface area contributed by atoms with Crippen LogP contribution < -0.4 is 10.6 Å². The molecular weight excluding hydrogens is 483 g/mol.